The van der Waals surface area contributed by atoms with E-state index in [-0.39, 0.29) is 0 Å². The van der Waals surface area contributed by atoms with Gasteiger partial charge in [0.25, 0.3) is 0 Å². The molecule has 2 aromatic rings. The van der Waals surface area contributed by atoms with Crippen molar-refractivity contribution >= 4 is 11.5 Å². The summed E-state index contributed by atoms with van der Waals surface area (Å²) >= 11 is 0. The molecule has 124 valence electrons. The van der Waals surface area contributed by atoms with E-state index in [2.05, 4.69) is 32.4 Å². The fourth-order valence-corrected chi connectivity index (χ4v) is 3.67. The predicted molar refractivity (Wildman–Crippen MR) is 86.3 cm³/mol. The van der Waals surface area contributed by atoms with Gasteiger partial charge in [0.1, 0.15) is 0 Å². The summed E-state index contributed by atoms with van der Waals surface area (Å²) < 4.78 is 7.83. The van der Waals surface area contributed by atoms with E-state index in [1.54, 1.807) is 0 Å². The molecule has 1 aliphatic heterocycles. The van der Waals surface area contributed by atoms with Crippen LogP contribution in [0.15, 0.2) is 12.1 Å². The van der Waals surface area contributed by atoms with Crippen molar-refractivity contribution in [3.63, 3.8) is 0 Å². The second-order valence-corrected chi connectivity index (χ2v) is 6.92. The minimum Gasteiger partial charge on any atom is -0.375 e. The molecule has 0 atom stereocenters. The third kappa shape index (κ3) is 3.29. The minimum atomic E-state index is 0.404. The lowest BCUT2D eigenvalue weighted by molar-refractivity contribution is -0.0447. The van der Waals surface area contributed by atoms with Crippen molar-refractivity contribution in [2.75, 3.05) is 18.0 Å². The summed E-state index contributed by atoms with van der Waals surface area (Å²) in [5.74, 6) is 1.82. The molecule has 7 heteroatoms. The third-order valence-corrected chi connectivity index (χ3v) is 5.17. The van der Waals surface area contributed by atoms with Gasteiger partial charge in [-0.05, 0) is 67.0 Å². The molecule has 23 heavy (non-hydrogen) atoms. The maximum Gasteiger partial charge on any atom is 0.200 e. The van der Waals surface area contributed by atoms with Gasteiger partial charge in [-0.15, -0.1) is 14.8 Å². The molecule has 0 radical (unpaired) electrons. The SMILES string of the molecule is CC1CCC(OC2CCN(c3ccc4nnnn4n3)CC2)CC1. The summed E-state index contributed by atoms with van der Waals surface area (Å²) in [4.78, 5) is 2.30. The Morgan fingerprint density at radius 1 is 1.00 bits per heavy atom. The molecule has 0 spiro atoms. The van der Waals surface area contributed by atoms with Crippen LogP contribution in [0.1, 0.15) is 45.4 Å². The van der Waals surface area contributed by atoms with E-state index >= 15 is 0 Å². The van der Waals surface area contributed by atoms with Crippen molar-refractivity contribution in [3.8, 4) is 0 Å². The topological polar surface area (TPSA) is 68.4 Å². The number of hydrogen-bond donors (Lipinski definition) is 0. The highest BCUT2D eigenvalue weighted by Gasteiger charge is 2.26. The lowest BCUT2D eigenvalue weighted by Gasteiger charge is -2.36. The van der Waals surface area contributed by atoms with E-state index in [1.165, 1.54) is 30.3 Å². The highest BCUT2D eigenvalue weighted by molar-refractivity contribution is 5.44. The van der Waals surface area contributed by atoms with Crippen LogP contribution < -0.4 is 4.90 Å². The maximum absolute atomic E-state index is 6.34. The fraction of sp³-hybridized carbons (Fsp3) is 0.750. The molecule has 1 aliphatic carbocycles. The number of piperidine rings is 1. The van der Waals surface area contributed by atoms with Crippen LogP contribution in [0.2, 0.25) is 0 Å². The van der Waals surface area contributed by atoms with Crippen LogP contribution in [0.5, 0.6) is 0 Å². The smallest absolute Gasteiger partial charge is 0.200 e. The number of hydrogen-bond acceptors (Lipinski definition) is 6. The number of anilines is 1. The van der Waals surface area contributed by atoms with Gasteiger partial charge in [-0.3, -0.25) is 0 Å². The second kappa shape index (κ2) is 6.39. The summed E-state index contributed by atoms with van der Waals surface area (Å²) in [5, 5.41) is 15.9. The van der Waals surface area contributed by atoms with E-state index in [0.717, 1.165) is 37.7 Å². The molecular formula is C16H24N6O. The molecule has 1 saturated carbocycles. The van der Waals surface area contributed by atoms with E-state index in [1.807, 2.05) is 12.1 Å². The molecule has 0 amide bonds. The van der Waals surface area contributed by atoms with Crippen LogP contribution in [-0.2, 0) is 4.74 Å². The van der Waals surface area contributed by atoms with Crippen LogP contribution in [0.4, 0.5) is 5.82 Å². The fourth-order valence-electron chi connectivity index (χ4n) is 3.67. The van der Waals surface area contributed by atoms with Crippen molar-refractivity contribution in [2.24, 2.45) is 5.92 Å². The molecule has 0 unspecified atom stereocenters. The number of aromatic nitrogens is 5. The van der Waals surface area contributed by atoms with Gasteiger partial charge in [0.2, 0.25) is 0 Å². The first kappa shape index (κ1) is 14.8. The Morgan fingerprint density at radius 3 is 2.52 bits per heavy atom. The van der Waals surface area contributed by atoms with E-state index in [0.29, 0.717) is 17.9 Å². The van der Waals surface area contributed by atoms with Crippen molar-refractivity contribution in [1.82, 2.24) is 25.3 Å². The summed E-state index contributed by atoms with van der Waals surface area (Å²) in [7, 11) is 0. The van der Waals surface area contributed by atoms with Crippen molar-refractivity contribution in [1.29, 1.82) is 0 Å². The van der Waals surface area contributed by atoms with Crippen LogP contribution in [0.25, 0.3) is 5.65 Å². The Labute approximate surface area is 136 Å². The van der Waals surface area contributed by atoms with Crippen LogP contribution in [-0.4, -0.2) is 50.6 Å². The zero-order valence-corrected chi connectivity index (χ0v) is 13.6. The summed E-state index contributed by atoms with van der Waals surface area (Å²) in [6, 6.07) is 3.91. The molecular weight excluding hydrogens is 292 g/mol. The van der Waals surface area contributed by atoms with E-state index in [4.69, 9.17) is 4.74 Å². The Balaban J connectivity index is 1.31. The van der Waals surface area contributed by atoms with Gasteiger partial charge < -0.3 is 9.64 Å². The van der Waals surface area contributed by atoms with Crippen LogP contribution in [0, 0.1) is 5.92 Å². The number of ether oxygens (including phenoxy) is 1. The van der Waals surface area contributed by atoms with Crippen LogP contribution in [0.3, 0.4) is 0 Å². The van der Waals surface area contributed by atoms with E-state index in [9.17, 15) is 0 Å². The van der Waals surface area contributed by atoms with Gasteiger partial charge in [0, 0.05) is 13.1 Å². The monoisotopic (exact) mass is 316 g/mol. The van der Waals surface area contributed by atoms with Crippen molar-refractivity contribution in [2.45, 2.75) is 57.7 Å². The lowest BCUT2D eigenvalue weighted by atomic mass is 9.88. The van der Waals surface area contributed by atoms with Gasteiger partial charge in [-0.1, -0.05) is 6.92 Å². The zero-order chi connectivity index (χ0) is 15.6. The largest absolute Gasteiger partial charge is 0.375 e. The first-order chi connectivity index (χ1) is 11.3. The van der Waals surface area contributed by atoms with Crippen molar-refractivity contribution in [3.05, 3.63) is 12.1 Å². The number of rotatable bonds is 3. The second-order valence-electron chi connectivity index (χ2n) is 6.92. The number of fused-ring (bicyclic) bond motifs is 1. The average Bonchev–Trinajstić information content (AvgIpc) is 3.05. The minimum absolute atomic E-state index is 0.404. The van der Waals surface area contributed by atoms with Gasteiger partial charge in [-0.2, -0.15) is 0 Å². The molecule has 2 fully saturated rings. The molecule has 4 rings (SSSR count). The predicted octanol–water partition coefficient (Wildman–Crippen LogP) is 2.08. The standard InChI is InChI=1S/C16H24N6O/c1-12-2-4-13(5-3-12)23-14-8-10-21(11-9-14)16-7-6-15-17-19-20-22(15)18-16/h6-7,12-14H,2-5,8-11H2,1H3. The van der Waals surface area contributed by atoms with Gasteiger partial charge in [0.15, 0.2) is 11.5 Å². The Hall–Kier alpha value is -1.76. The third-order valence-electron chi connectivity index (χ3n) is 5.17. The first-order valence-electron chi connectivity index (χ1n) is 8.74. The molecule has 2 aromatic heterocycles. The molecule has 2 aliphatic rings. The van der Waals surface area contributed by atoms with Crippen molar-refractivity contribution < 1.29 is 4.74 Å². The molecule has 0 N–H and O–H groups in total. The van der Waals surface area contributed by atoms with Gasteiger partial charge in [-0.25, -0.2) is 0 Å². The zero-order valence-electron chi connectivity index (χ0n) is 13.6. The molecule has 0 bridgehead atoms. The molecule has 0 aromatic carbocycles. The van der Waals surface area contributed by atoms with Crippen LogP contribution >= 0.6 is 0 Å². The number of tetrazole rings is 1. The summed E-state index contributed by atoms with van der Waals surface area (Å²) in [5.41, 5.74) is 0.679. The Kier molecular flexibility index (Phi) is 4.11. The summed E-state index contributed by atoms with van der Waals surface area (Å²) in [6.07, 6.45) is 8.14. The van der Waals surface area contributed by atoms with Gasteiger partial charge in [0.05, 0.1) is 12.2 Å². The molecule has 7 nitrogen and oxygen atoms in total. The summed E-state index contributed by atoms with van der Waals surface area (Å²) in [6.45, 7) is 4.31. The average molecular weight is 316 g/mol. The highest BCUT2D eigenvalue weighted by Crippen LogP contribution is 2.28. The molecule has 3 heterocycles. The van der Waals surface area contributed by atoms with Gasteiger partial charge >= 0.3 is 0 Å². The normalized spacial score (nSPS) is 26.7. The molecule has 1 saturated heterocycles. The Morgan fingerprint density at radius 2 is 1.74 bits per heavy atom. The van der Waals surface area contributed by atoms with E-state index < -0.39 is 0 Å². The first-order valence-corrected chi connectivity index (χ1v) is 8.74. The highest BCUT2D eigenvalue weighted by atomic mass is 16.5. The number of nitrogens with zero attached hydrogens (tertiary/aromatic N) is 6. The quantitative estimate of drug-likeness (QED) is 0.863. The lowest BCUT2D eigenvalue weighted by Crippen LogP contribution is -2.39. The Bertz CT molecular complexity index is 643. The maximum atomic E-state index is 6.34.